The first-order valence-corrected chi connectivity index (χ1v) is 6.95. The second-order valence-corrected chi connectivity index (χ2v) is 5.21. The molecule has 0 aliphatic rings. The second-order valence-electron chi connectivity index (χ2n) is 4.29. The van der Waals surface area contributed by atoms with Gasteiger partial charge in [-0.15, -0.1) is 0 Å². The first-order valence-electron chi connectivity index (χ1n) is 6.16. The molecule has 7 heteroatoms. The molecule has 0 saturated carbocycles. The number of hydrogen-bond donors (Lipinski definition) is 1. The predicted octanol–water partition coefficient (Wildman–Crippen LogP) is 2.74. The van der Waals surface area contributed by atoms with Crippen LogP contribution >= 0.6 is 15.9 Å². The summed E-state index contributed by atoms with van der Waals surface area (Å²) in [6.07, 6.45) is 4.19. The largest absolute Gasteiger partial charge is 0.383 e. The van der Waals surface area contributed by atoms with Gasteiger partial charge < -0.3 is 9.84 Å². The number of rotatable bonds is 4. The normalized spacial score (nSPS) is 10.9. The third-order valence-electron chi connectivity index (χ3n) is 2.77. The summed E-state index contributed by atoms with van der Waals surface area (Å²) in [4.78, 5) is 12.8. The number of nitrogens with zero attached hydrogens (tertiary/aromatic N) is 4. The topological polar surface area (TPSA) is 76.7 Å². The molecule has 0 atom stereocenters. The van der Waals surface area contributed by atoms with E-state index in [1.807, 2.05) is 12.1 Å². The van der Waals surface area contributed by atoms with E-state index in [1.165, 1.54) is 0 Å². The van der Waals surface area contributed by atoms with Crippen LogP contribution in [0.5, 0.6) is 0 Å². The van der Waals surface area contributed by atoms with Crippen molar-refractivity contribution in [1.82, 2.24) is 20.1 Å². The fraction of sp³-hybridized carbons (Fsp3) is 0.231. The second kappa shape index (κ2) is 5.54. The van der Waals surface area contributed by atoms with Gasteiger partial charge in [-0.2, -0.15) is 4.98 Å². The summed E-state index contributed by atoms with van der Waals surface area (Å²) < 4.78 is 5.98. The van der Waals surface area contributed by atoms with Crippen molar-refractivity contribution >= 4 is 32.7 Å². The number of halogens is 1. The Morgan fingerprint density at radius 1 is 1.35 bits per heavy atom. The van der Waals surface area contributed by atoms with Crippen molar-refractivity contribution in [3.05, 3.63) is 40.7 Å². The minimum absolute atomic E-state index is 0.629. The Morgan fingerprint density at radius 3 is 3.05 bits per heavy atom. The van der Waals surface area contributed by atoms with Gasteiger partial charge in [-0.1, -0.05) is 5.16 Å². The molecule has 0 aromatic carbocycles. The maximum Gasteiger partial charge on any atom is 0.228 e. The van der Waals surface area contributed by atoms with E-state index in [4.69, 9.17) is 4.52 Å². The molecule has 0 bridgehead atoms. The Labute approximate surface area is 123 Å². The van der Waals surface area contributed by atoms with Gasteiger partial charge in [-0.05, 0) is 35.0 Å². The average Bonchev–Trinajstić information content (AvgIpc) is 2.84. The van der Waals surface area contributed by atoms with Gasteiger partial charge in [0.05, 0.1) is 11.2 Å². The summed E-state index contributed by atoms with van der Waals surface area (Å²) in [5.74, 6) is 1.28. The molecule has 102 valence electrons. The number of anilines is 1. The first-order chi connectivity index (χ1) is 9.72. The molecule has 3 aromatic rings. The van der Waals surface area contributed by atoms with Crippen molar-refractivity contribution in [1.29, 1.82) is 0 Å². The molecule has 20 heavy (non-hydrogen) atoms. The SMILES string of the molecule is Cc1noc(CCNc2ccnc3cc(Br)cnc23)n1. The van der Waals surface area contributed by atoms with Gasteiger partial charge in [-0.25, -0.2) is 0 Å². The van der Waals surface area contributed by atoms with Crippen molar-refractivity contribution in [3.8, 4) is 0 Å². The Bertz CT molecular complexity index is 742. The van der Waals surface area contributed by atoms with Crippen molar-refractivity contribution in [2.24, 2.45) is 0 Å². The minimum Gasteiger partial charge on any atom is -0.383 e. The lowest BCUT2D eigenvalue weighted by atomic mass is 10.2. The van der Waals surface area contributed by atoms with Gasteiger partial charge in [0.2, 0.25) is 5.89 Å². The van der Waals surface area contributed by atoms with Gasteiger partial charge in [-0.3, -0.25) is 9.97 Å². The minimum atomic E-state index is 0.629. The molecule has 0 amide bonds. The third-order valence-corrected chi connectivity index (χ3v) is 3.20. The summed E-state index contributed by atoms with van der Waals surface area (Å²) >= 11 is 3.39. The van der Waals surface area contributed by atoms with E-state index >= 15 is 0 Å². The molecule has 0 radical (unpaired) electrons. The quantitative estimate of drug-likeness (QED) is 0.791. The molecular formula is C13H12BrN5O. The maximum atomic E-state index is 5.07. The van der Waals surface area contributed by atoms with Crippen LogP contribution in [-0.2, 0) is 6.42 Å². The van der Waals surface area contributed by atoms with Crippen molar-refractivity contribution < 1.29 is 4.52 Å². The van der Waals surface area contributed by atoms with Gasteiger partial charge in [0, 0.05) is 29.8 Å². The van der Waals surface area contributed by atoms with Crippen LogP contribution in [0.25, 0.3) is 11.0 Å². The van der Waals surface area contributed by atoms with Crippen LogP contribution < -0.4 is 5.32 Å². The van der Waals surface area contributed by atoms with Crippen LogP contribution in [0.1, 0.15) is 11.7 Å². The Morgan fingerprint density at radius 2 is 2.25 bits per heavy atom. The fourth-order valence-corrected chi connectivity index (χ4v) is 2.21. The van der Waals surface area contributed by atoms with Crippen LogP contribution in [0.3, 0.4) is 0 Å². The van der Waals surface area contributed by atoms with Crippen LogP contribution in [0, 0.1) is 6.92 Å². The lowest BCUT2D eigenvalue weighted by molar-refractivity contribution is 0.377. The average molecular weight is 334 g/mol. The van der Waals surface area contributed by atoms with E-state index in [0.717, 1.165) is 21.2 Å². The number of fused-ring (bicyclic) bond motifs is 1. The molecule has 0 saturated heterocycles. The van der Waals surface area contributed by atoms with Gasteiger partial charge in [0.15, 0.2) is 5.82 Å². The summed E-state index contributed by atoms with van der Waals surface area (Å²) in [5.41, 5.74) is 2.63. The fourth-order valence-electron chi connectivity index (χ4n) is 1.89. The number of nitrogens with one attached hydrogen (secondary N) is 1. The molecular weight excluding hydrogens is 322 g/mol. The van der Waals surface area contributed by atoms with Gasteiger partial charge >= 0.3 is 0 Å². The molecule has 3 aromatic heterocycles. The Balaban J connectivity index is 1.74. The molecule has 1 N–H and O–H groups in total. The zero-order valence-electron chi connectivity index (χ0n) is 10.8. The molecule has 0 aliphatic carbocycles. The standard InChI is InChI=1S/C13H12BrN5O/c1-8-18-12(20-19-8)3-5-15-10-2-4-16-11-6-9(14)7-17-13(10)11/h2,4,6-7H,3,5H2,1H3,(H,15,16). The van der Waals surface area contributed by atoms with Crippen LogP contribution in [0.15, 0.2) is 33.5 Å². The number of aromatic nitrogens is 4. The summed E-state index contributed by atoms with van der Waals surface area (Å²) in [7, 11) is 0. The Kier molecular flexibility index (Phi) is 3.60. The highest BCUT2D eigenvalue weighted by Crippen LogP contribution is 2.21. The lowest BCUT2D eigenvalue weighted by Crippen LogP contribution is -2.06. The monoisotopic (exact) mass is 333 g/mol. The zero-order chi connectivity index (χ0) is 13.9. The molecule has 3 rings (SSSR count). The van der Waals surface area contributed by atoms with Gasteiger partial charge in [0.1, 0.15) is 5.52 Å². The smallest absolute Gasteiger partial charge is 0.228 e. The zero-order valence-corrected chi connectivity index (χ0v) is 12.4. The van der Waals surface area contributed by atoms with E-state index in [-0.39, 0.29) is 0 Å². The van der Waals surface area contributed by atoms with E-state index in [9.17, 15) is 0 Å². The highest BCUT2D eigenvalue weighted by atomic mass is 79.9. The molecule has 0 fully saturated rings. The summed E-state index contributed by atoms with van der Waals surface area (Å²) in [6, 6.07) is 3.84. The van der Waals surface area contributed by atoms with E-state index in [2.05, 4.69) is 41.4 Å². The molecule has 0 aliphatic heterocycles. The highest BCUT2D eigenvalue weighted by Gasteiger charge is 2.05. The van der Waals surface area contributed by atoms with Crippen LogP contribution in [-0.4, -0.2) is 26.7 Å². The molecule has 0 unspecified atom stereocenters. The molecule has 3 heterocycles. The summed E-state index contributed by atoms with van der Waals surface area (Å²) in [6.45, 7) is 2.50. The maximum absolute atomic E-state index is 5.07. The number of hydrogen-bond acceptors (Lipinski definition) is 6. The van der Waals surface area contributed by atoms with Crippen LogP contribution in [0.2, 0.25) is 0 Å². The summed E-state index contributed by atoms with van der Waals surface area (Å²) in [5, 5.41) is 7.08. The van der Waals surface area contributed by atoms with E-state index in [1.54, 1.807) is 19.3 Å². The van der Waals surface area contributed by atoms with Crippen molar-refractivity contribution in [3.63, 3.8) is 0 Å². The third kappa shape index (κ3) is 2.77. The highest BCUT2D eigenvalue weighted by molar-refractivity contribution is 9.10. The first kappa shape index (κ1) is 13.0. The number of aryl methyl sites for hydroxylation is 1. The molecule has 6 nitrogen and oxygen atoms in total. The van der Waals surface area contributed by atoms with E-state index < -0.39 is 0 Å². The van der Waals surface area contributed by atoms with Gasteiger partial charge in [0.25, 0.3) is 0 Å². The van der Waals surface area contributed by atoms with Crippen LogP contribution in [0.4, 0.5) is 5.69 Å². The van der Waals surface area contributed by atoms with Crippen molar-refractivity contribution in [2.45, 2.75) is 13.3 Å². The lowest BCUT2D eigenvalue weighted by Gasteiger charge is -2.07. The Hall–Kier alpha value is -2.02. The number of pyridine rings is 2. The van der Waals surface area contributed by atoms with Crippen molar-refractivity contribution in [2.75, 3.05) is 11.9 Å². The predicted molar refractivity (Wildman–Crippen MR) is 78.5 cm³/mol. The van der Waals surface area contributed by atoms with E-state index in [0.29, 0.717) is 24.7 Å². The molecule has 0 spiro atoms.